The summed E-state index contributed by atoms with van der Waals surface area (Å²) in [5.74, 6) is -0.947. The molecule has 0 fully saturated rings. The van der Waals surface area contributed by atoms with Crippen LogP contribution in [-0.2, 0) is 4.79 Å². The van der Waals surface area contributed by atoms with Gasteiger partial charge in [0.1, 0.15) is 0 Å². The summed E-state index contributed by atoms with van der Waals surface area (Å²) < 4.78 is 0.919. The van der Waals surface area contributed by atoms with Crippen molar-refractivity contribution in [2.75, 3.05) is 11.9 Å². The number of nitrogens with one attached hydrogen (secondary N) is 2. The molecule has 0 aliphatic heterocycles. The summed E-state index contributed by atoms with van der Waals surface area (Å²) in [5, 5.41) is 14.1. The predicted molar refractivity (Wildman–Crippen MR) is 77.6 cm³/mol. The van der Waals surface area contributed by atoms with E-state index in [9.17, 15) is 9.59 Å². The topological polar surface area (TPSA) is 78.4 Å². The van der Waals surface area contributed by atoms with Gasteiger partial charge in [0.05, 0.1) is 11.1 Å². The van der Waals surface area contributed by atoms with Crippen LogP contribution in [0.3, 0.4) is 0 Å². The molecule has 0 unspecified atom stereocenters. The van der Waals surface area contributed by atoms with E-state index in [1.54, 1.807) is 19.9 Å². The van der Waals surface area contributed by atoms with Crippen molar-refractivity contribution >= 4 is 40.3 Å². The number of carboxylic acid groups (broad SMARTS) is 1. The third kappa shape index (κ3) is 4.17. The van der Waals surface area contributed by atoms with Gasteiger partial charge < -0.3 is 15.7 Å². The number of hydrogen-bond donors (Lipinski definition) is 3. The maximum atomic E-state index is 11.6. The Morgan fingerprint density at radius 3 is 2.50 bits per heavy atom. The molecule has 0 radical (unpaired) electrons. The van der Waals surface area contributed by atoms with E-state index in [0.717, 1.165) is 3.57 Å². The second kappa shape index (κ2) is 6.03. The van der Waals surface area contributed by atoms with Crippen molar-refractivity contribution in [1.29, 1.82) is 0 Å². The normalized spacial score (nSPS) is 10.8. The Morgan fingerprint density at radius 2 is 1.94 bits per heavy atom. The molecule has 18 heavy (non-hydrogen) atoms. The molecular weight excluding hydrogens is 347 g/mol. The van der Waals surface area contributed by atoms with Gasteiger partial charge in [-0.15, -0.1) is 0 Å². The standard InChI is InChI=1S/C12H15IN2O3/c1-12(2,10(16)17)7-14-11(18)15-9-6-4-3-5-8(9)13/h3-6H,7H2,1-2H3,(H,16,17)(H2,14,15,18). The van der Waals surface area contributed by atoms with Crippen molar-refractivity contribution in [2.24, 2.45) is 5.41 Å². The van der Waals surface area contributed by atoms with Crippen molar-refractivity contribution < 1.29 is 14.7 Å². The van der Waals surface area contributed by atoms with Crippen LogP contribution < -0.4 is 10.6 Å². The molecule has 0 atom stereocenters. The van der Waals surface area contributed by atoms with Crippen LogP contribution in [0.4, 0.5) is 10.5 Å². The summed E-state index contributed by atoms with van der Waals surface area (Å²) in [6, 6.07) is 6.94. The molecule has 5 nitrogen and oxygen atoms in total. The van der Waals surface area contributed by atoms with Crippen LogP contribution in [0.2, 0.25) is 0 Å². The van der Waals surface area contributed by atoms with Crippen LogP contribution in [0.25, 0.3) is 0 Å². The Labute approximate surface area is 119 Å². The molecule has 0 saturated carbocycles. The van der Waals surface area contributed by atoms with E-state index in [4.69, 9.17) is 5.11 Å². The van der Waals surface area contributed by atoms with Gasteiger partial charge in [-0.2, -0.15) is 0 Å². The maximum Gasteiger partial charge on any atom is 0.319 e. The number of carbonyl (C=O) groups is 2. The van der Waals surface area contributed by atoms with Crippen molar-refractivity contribution in [3.8, 4) is 0 Å². The van der Waals surface area contributed by atoms with Gasteiger partial charge in [0.25, 0.3) is 0 Å². The van der Waals surface area contributed by atoms with Gasteiger partial charge in [0, 0.05) is 10.1 Å². The summed E-state index contributed by atoms with van der Waals surface area (Å²) in [5.41, 5.74) is -0.287. The summed E-state index contributed by atoms with van der Waals surface area (Å²) in [7, 11) is 0. The van der Waals surface area contributed by atoms with Crippen molar-refractivity contribution in [3.05, 3.63) is 27.8 Å². The number of aliphatic carboxylic acids is 1. The molecule has 3 N–H and O–H groups in total. The maximum absolute atomic E-state index is 11.6. The second-order valence-corrected chi connectivity index (χ2v) is 5.64. The third-order valence-electron chi connectivity index (χ3n) is 2.39. The smallest absolute Gasteiger partial charge is 0.319 e. The first-order valence-electron chi connectivity index (χ1n) is 5.36. The predicted octanol–water partition coefficient (Wildman–Crippen LogP) is 2.52. The molecule has 6 heteroatoms. The number of carbonyl (C=O) groups excluding carboxylic acids is 1. The number of rotatable bonds is 4. The van der Waals surface area contributed by atoms with Crippen LogP contribution >= 0.6 is 22.6 Å². The van der Waals surface area contributed by atoms with Gasteiger partial charge in [0.2, 0.25) is 0 Å². The van der Waals surface area contributed by atoms with E-state index in [0.29, 0.717) is 5.69 Å². The molecule has 0 heterocycles. The third-order valence-corrected chi connectivity index (χ3v) is 3.33. The average Bonchev–Trinajstić information content (AvgIpc) is 2.29. The fourth-order valence-electron chi connectivity index (χ4n) is 1.11. The number of amides is 2. The van der Waals surface area contributed by atoms with Crippen molar-refractivity contribution in [1.82, 2.24) is 5.32 Å². The summed E-state index contributed by atoms with van der Waals surface area (Å²) >= 11 is 2.11. The first kappa shape index (κ1) is 14.7. The first-order valence-corrected chi connectivity index (χ1v) is 6.43. The summed E-state index contributed by atoms with van der Waals surface area (Å²) in [4.78, 5) is 22.5. The Hall–Kier alpha value is -1.31. The largest absolute Gasteiger partial charge is 0.481 e. The first-order chi connectivity index (χ1) is 8.33. The highest BCUT2D eigenvalue weighted by Gasteiger charge is 2.27. The van der Waals surface area contributed by atoms with E-state index in [1.165, 1.54) is 0 Å². The van der Waals surface area contributed by atoms with Crippen LogP contribution in [0, 0.1) is 8.99 Å². The zero-order chi connectivity index (χ0) is 13.8. The van der Waals surface area contributed by atoms with Crippen molar-refractivity contribution in [2.45, 2.75) is 13.8 Å². The Balaban J connectivity index is 2.54. The van der Waals surface area contributed by atoms with Gasteiger partial charge in [0.15, 0.2) is 0 Å². The van der Waals surface area contributed by atoms with Crippen LogP contribution in [0.1, 0.15) is 13.8 Å². The quantitative estimate of drug-likeness (QED) is 0.721. The summed E-state index contributed by atoms with van der Waals surface area (Å²) in [6.07, 6.45) is 0. The Kier molecular flexibility index (Phi) is 4.94. The fourth-order valence-corrected chi connectivity index (χ4v) is 1.63. The Bertz CT molecular complexity index is 460. The molecule has 98 valence electrons. The number of hydrogen-bond acceptors (Lipinski definition) is 2. The molecule has 1 aromatic carbocycles. The Morgan fingerprint density at radius 1 is 1.33 bits per heavy atom. The zero-order valence-electron chi connectivity index (χ0n) is 10.2. The SMILES string of the molecule is CC(C)(CNC(=O)Nc1ccccc1I)C(=O)O. The van der Waals surface area contributed by atoms with Crippen LogP contribution in [-0.4, -0.2) is 23.7 Å². The van der Waals surface area contributed by atoms with Crippen molar-refractivity contribution in [3.63, 3.8) is 0 Å². The van der Waals surface area contributed by atoms with Crippen LogP contribution in [0.15, 0.2) is 24.3 Å². The van der Waals surface area contributed by atoms with Gasteiger partial charge in [-0.25, -0.2) is 4.79 Å². The van der Waals surface area contributed by atoms with E-state index in [-0.39, 0.29) is 6.54 Å². The number of para-hydroxylation sites is 1. The minimum absolute atomic E-state index is 0.0670. The lowest BCUT2D eigenvalue weighted by Gasteiger charge is -2.19. The van der Waals surface area contributed by atoms with E-state index in [1.807, 2.05) is 18.2 Å². The molecule has 0 aliphatic carbocycles. The molecular formula is C12H15IN2O3. The van der Waals surface area contributed by atoms with E-state index >= 15 is 0 Å². The van der Waals surface area contributed by atoms with Crippen LogP contribution in [0.5, 0.6) is 0 Å². The molecule has 1 rings (SSSR count). The highest BCUT2D eigenvalue weighted by Crippen LogP contribution is 2.17. The fraction of sp³-hybridized carbons (Fsp3) is 0.333. The van der Waals surface area contributed by atoms with Gasteiger partial charge in [-0.3, -0.25) is 4.79 Å². The number of anilines is 1. The van der Waals surface area contributed by atoms with E-state index in [2.05, 4.69) is 33.2 Å². The minimum Gasteiger partial charge on any atom is -0.481 e. The summed E-state index contributed by atoms with van der Waals surface area (Å²) in [6.45, 7) is 3.18. The molecule has 0 aromatic heterocycles. The lowest BCUT2D eigenvalue weighted by molar-refractivity contribution is -0.146. The number of halogens is 1. The number of urea groups is 1. The molecule has 0 spiro atoms. The minimum atomic E-state index is -0.985. The molecule has 0 aliphatic rings. The number of benzene rings is 1. The molecule has 2 amide bonds. The highest BCUT2D eigenvalue weighted by atomic mass is 127. The average molecular weight is 362 g/mol. The van der Waals surface area contributed by atoms with Gasteiger partial charge >= 0.3 is 12.0 Å². The second-order valence-electron chi connectivity index (χ2n) is 4.48. The lowest BCUT2D eigenvalue weighted by Crippen LogP contribution is -2.40. The van der Waals surface area contributed by atoms with Gasteiger partial charge in [-0.1, -0.05) is 12.1 Å². The highest BCUT2D eigenvalue weighted by molar-refractivity contribution is 14.1. The number of carboxylic acids is 1. The molecule has 0 bridgehead atoms. The monoisotopic (exact) mass is 362 g/mol. The lowest BCUT2D eigenvalue weighted by atomic mass is 9.94. The molecule has 0 saturated heterocycles. The van der Waals surface area contributed by atoms with Gasteiger partial charge in [-0.05, 0) is 48.6 Å². The zero-order valence-corrected chi connectivity index (χ0v) is 12.3. The molecule has 1 aromatic rings. The van der Waals surface area contributed by atoms with E-state index < -0.39 is 17.4 Å².